The number of aliphatic imine (C=N–C) groups is 1. The monoisotopic (exact) mass is 357 g/mol. The van der Waals surface area contributed by atoms with Gasteiger partial charge in [-0.25, -0.2) is 9.98 Å². The first-order chi connectivity index (χ1) is 12.3. The lowest BCUT2D eigenvalue weighted by atomic mass is 10.1. The molecule has 1 saturated heterocycles. The molecule has 2 aromatic heterocycles. The normalized spacial score (nSPS) is 18.6. The van der Waals surface area contributed by atoms with E-state index >= 15 is 0 Å². The van der Waals surface area contributed by atoms with E-state index in [1.807, 2.05) is 18.2 Å². The van der Waals surface area contributed by atoms with Crippen LogP contribution in [0.1, 0.15) is 10.4 Å². The van der Waals surface area contributed by atoms with E-state index in [2.05, 4.69) is 25.2 Å². The van der Waals surface area contributed by atoms with E-state index < -0.39 is 0 Å². The molecule has 2 N–H and O–H groups in total. The lowest BCUT2D eigenvalue weighted by molar-refractivity contribution is 0.0398. The van der Waals surface area contributed by atoms with Crippen LogP contribution in [0.4, 0.5) is 10.9 Å². The van der Waals surface area contributed by atoms with Crippen molar-refractivity contribution in [2.45, 2.75) is 0 Å². The zero-order chi connectivity index (χ0) is 17.1. The molecule has 2 aliphatic rings. The maximum absolute atomic E-state index is 10.1. The summed E-state index contributed by atoms with van der Waals surface area (Å²) in [5, 5.41) is 14.1. The lowest BCUT2D eigenvalue weighted by Crippen LogP contribution is -2.38. The molecular weight excluding hydrogens is 338 g/mol. The molecule has 0 atom stereocenters. The fourth-order valence-corrected chi connectivity index (χ4v) is 3.66. The summed E-state index contributed by atoms with van der Waals surface area (Å²) >= 11 is 1.43. The Hall–Kier alpha value is -2.29. The summed E-state index contributed by atoms with van der Waals surface area (Å²) in [6.45, 7) is 5.26. The molecule has 0 aliphatic carbocycles. The van der Waals surface area contributed by atoms with E-state index in [1.54, 1.807) is 12.4 Å². The minimum Gasteiger partial charge on any atom is -0.492 e. The molecule has 2 aromatic rings. The third kappa shape index (κ3) is 3.71. The summed E-state index contributed by atoms with van der Waals surface area (Å²) in [5.74, 6) is 0.749. The first-order valence-electron chi connectivity index (χ1n) is 8.24. The van der Waals surface area contributed by atoms with Gasteiger partial charge in [0.2, 0.25) is 5.88 Å². The number of aromatic hydroxyl groups is 1. The fraction of sp³-hybridized carbons (Fsp3) is 0.353. The van der Waals surface area contributed by atoms with Gasteiger partial charge in [-0.1, -0.05) is 11.3 Å². The second kappa shape index (κ2) is 7.30. The maximum atomic E-state index is 10.1. The van der Waals surface area contributed by atoms with Crippen LogP contribution in [0.2, 0.25) is 0 Å². The number of aromatic nitrogens is 2. The van der Waals surface area contributed by atoms with E-state index in [0.29, 0.717) is 10.7 Å². The Balaban J connectivity index is 1.41. The van der Waals surface area contributed by atoms with Crippen molar-refractivity contribution in [3.05, 3.63) is 28.8 Å². The number of rotatable bonds is 5. The van der Waals surface area contributed by atoms with Crippen LogP contribution in [0.15, 0.2) is 23.3 Å². The van der Waals surface area contributed by atoms with Gasteiger partial charge in [0, 0.05) is 49.7 Å². The average molecular weight is 357 g/mol. The summed E-state index contributed by atoms with van der Waals surface area (Å²) in [6.07, 6.45) is 5.39. The predicted molar refractivity (Wildman–Crippen MR) is 99.8 cm³/mol. The first-order valence-corrected chi connectivity index (χ1v) is 9.06. The van der Waals surface area contributed by atoms with Gasteiger partial charge in [0.25, 0.3) is 0 Å². The van der Waals surface area contributed by atoms with Crippen LogP contribution in [-0.2, 0) is 4.74 Å². The Bertz CT molecular complexity index is 811. The molecular formula is C17H19N5O2S. The number of fused-ring (bicyclic) bond motifs is 1. The van der Waals surface area contributed by atoms with Gasteiger partial charge in [0.05, 0.1) is 18.1 Å². The highest BCUT2D eigenvalue weighted by Crippen LogP contribution is 2.35. The Morgan fingerprint density at radius 1 is 1.36 bits per heavy atom. The largest absolute Gasteiger partial charge is 0.492 e. The van der Waals surface area contributed by atoms with Crippen LogP contribution in [0.25, 0.3) is 11.6 Å². The predicted octanol–water partition coefficient (Wildman–Crippen LogP) is 2.24. The molecule has 8 heteroatoms. The van der Waals surface area contributed by atoms with Crippen molar-refractivity contribution in [3.8, 4) is 5.88 Å². The second-order valence-electron chi connectivity index (χ2n) is 5.82. The number of hydrogen-bond acceptors (Lipinski definition) is 8. The number of thiazole rings is 1. The summed E-state index contributed by atoms with van der Waals surface area (Å²) in [6, 6.07) is 3.85. The minimum atomic E-state index is 0.0390. The molecule has 7 nitrogen and oxygen atoms in total. The smallest absolute Gasteiger partial charge is 0.231 e. The van der Waals surface area contributed by atoms with Crippen molar-refractivity contribution in [2.24, 2.45) is 4.99 Å². The highest BCUT2D eigenvalue weighted by molar-refractivity contribution is 7.16. The van der Waals surface area contributed by atoms with Crippen LogP contribution in [-0.4, -0.2) is 65.6 Å². The van der Waals surface area contributed by atoms with Gasteiger partial charge in [-0.15, -0.1) is 0 Å². The Labute approximate surface area is 149 Å². The zero-order valence-electron chi connectivity index (χ0n) is 13.7. The number of nitrogens with one attached hydrogen (secondary N) is 1. The molecule has 2 aliphatic heterocycles. The fourth-order valence-electron chi connectivity index (χ4n) is 2.82. The number of ether oxygens (including phenoxy) is 1. The summed E-state index contributed by atoms with van der Waals surface area (Å²) < 4.78 is 5.34. The lowest BCUT2D eigenvalue weighted by Gasteiger charge is -2.26. The van der Waals surface area contributed by atoms with Gasteiger partial charge in [-0.3, -0.25) is 4.90 Å². The van der Waals surface area contributed by atoms with Crippen LogP contribution in [0.5, 0.6) is 5.88 Å². The van der Waals surface area contributed by atoms with Crippen LogP contribution in [0.3, 0.4) is 0 Å². The van der Waals surface area contributed by atoms with E-state index in [0.717, 1.165) is 55.7 Å². The summed E-state index contributed by atoms with van der Waals surface area (Å²) in [4.78, 5) is 15.8. The highest BCUT2D eigenvalue weighted by atomic mass is 32.1. The number of allylic oxidation sites excluding steroid dienone is 1. The van der Waals surface area contributed by atoms with Crippen LogP contribution < -0.4 is 5.32 Å². The van der Waals surface area contributed by atoms with Crippen LogP contribution in [0, 0.1) is 0 Å². The molecule has 0 bridgehead atoms. The van der Waals surface area contributed by atoms with Gasteiger partial charge in [0.15, 0.2) is 10.9 Å². The van der Waals surface area contributed by atoms with Gasteiger partial charge in [-0.2, -0.15) is 4.98 Å². The number of nitrogens with zero attached hydrogens (tertiary/aromatic N) is 4. The molecule has 0 spiro atoms. The maximum Gasteiger partial charge on any atom is 0.231 e. The zero-order valence-corrected chi connectivity index (χ0v) is 14.5. The standard InChI is InChI=1S/C17H19N5O2S/c23-16-14(10-12-11-20-15-13(12)2-1-3-18-15)25-17(21-16)19-4-5-22-6-8-24-9-7-22/h1-3,10-11,23H,4-9H2,(H,19,21)/b12-10+. The Kier molecular flexibility index (Phi) is 4.73. The van der Waals surface area contributed by atoms with Crippen molar-refractivity contribution in [1.29, 1.82) is 0 Å². The number of morpholine rings is 1. The molecule has 0 saturated carbocycles. The third-order valence-electron chi connectivity index (χ3n) is 4.15. The summed E-state index contributed by atoms with van der Waals surface area (Å²) in [7, 11) is 0. The van der Waals surface area contributed by atoms with E-state index in [4.69, 9.17) is 4.74 Å². The molecule has 0 unspecified atom stereocenters. The third-order valence-corrected chi connectivity index (χ3v) is 5.10. The quantitative estimate of drug-likeness (QED) is 0.854. The van der Waals surface area contributed by atoms with Crippen molar-refractivity contribution < 1.29 is 9.84 Å². The van der Waals surface area contributed by atoms with Crippen molar-refractivity contribution >= 4 is 40.1 Å². The molecule has 1 fully saturated rings. The first kappa shape index (κ1) is 16.2. The molecule has 130 valence electrons. The molecule has 0 aromatic carbocycles. The van der Waals surface area contributed by atoms with Gasteiger partial charge in [-0.05, 0) is 18.2 Å². The van der Waals surface area contributed by atoms with E-state index in [9.17, 15) is 5.11 Å². The minimum absolute atomic E-state index is 0.0390. The second-order valence-corrected chi connectivity index (χ2v) is 6.85. The Morgan fingerprint density at radius 2 is 2.24 bits per heavy atom. The number of hydrogen-bond donors (Lipinski definition) is 2. The topological polar surface area (TPSA) is 82.9 Å². The molecule has 25 heavy (non-hydrogen) atoms. The van der Waals surface area contributed by atoms with E-state index in [-0.39, 0.29) is 5.88 Å². The Morgan fingerprint density at radius 3 is 3.12 bits per heavy atom. The van der Waals surface area contributed by atoms with Gasteiger partial charge in [0.1, 0.15) is 0 Å². The van der Waals surface area contributed by atoms with Crippen molar-refractivity contribution in [3.63, 3.8) is 0 Å². The van der Waals surface area contributed by atoms with Crippen molar-refractivity contribution in [1.82, 2.24) is 14.9 Å². The van der Waals surface area contributed by atoms with E-state index in [1.165, 1.54) is 11.3 Å². The average Bonchev–Trinajstić information content (AvgIpc) is 3.20. The molecule has 0 amide bonds. The molecule has 4 heterocycles. The highest BCUT2D eigenvalue weighted by Gasteiger charge is 2.15. The number of pyridine rings is 1. The van der Waals surface area contributed by atoms with Gasteiger partial charge >= 0.3 is 0 Å². The van der Waals surface area contributed by atoms with Crippen molar-refractivity contribution in [2.75, 3.05) is 44.7 Å². The van der Waals surface area contributed by atoms with Crippen LogP contribution >= 0.6 is 11.3 Å². The van der Waals surface area contributed by atoms with Gasteiger partial charge < -0.3 is 15.2 Å². The molecule has 0 radical (unpaired) electrons. The summed E-state index contributed by atoms with van der Waals surface area (Å²) in [5.41, 5.74) is 1.90. The number of anilines is 1. The molecule has 4 rings (SSSR count). The SMILES string of the molecule is Oc1nc(NCCN2CCOCC2)sc1/C=C1\C=Nc2ncccc21.